The molecule has 6 heteroatoms. The second-order valence-corrected chi connectivity index (χ2v) is 4.19. The van der Waals surface area contributed by atoms with E-state index in [4.69, 9.17) is 10.8 Å². The van der Waals surface area contributed by atoms with Gasteiger partial charge in [-0.15, -0.1) is 0 Å². The van der Waals surface area contributed by atoms with Crippen LogP contribution in [-0.2, 0) is 9.59 Å². The molecular formula is C10H19N3O3. The molecule has 1 saturated heterocycles. The number of aliphatic hydroxyl groups excluding tert-OH is 1. The third-order valence-corrected chi connectivity index (χ3v) is 2.77. The number of rotatable bonds is 4. The van der Waals surface area contributed by atoms with Crippen molar-refractivity contribution in [3.05, 3.63) is 0 Å². The van der Waals surface area contributed by atoms with Crippen LogP contribution in [0.15, 0.2) is 0 Å². The summed E-state index contributed by atoms with van der Waals surface area (Å²) in [5.74, 6) is -0.306. The fourth-order valence-corrected chi connectivity index (χ4v) is 1.49. The van der Waals surface area contributed by atoms with E-state index in [1.165, 1.54) is 0 Å². The van der Waals surface area contributed by atoms with Crippen molar-refractivity contribution in [2.24, 2.45) is 11.7 Å². The molecular weight excluding hydrogens is 210 g/mol. The van der Waals surface area contributed by atoms with Gasteiger partial charge in [-0.1, -0.05) is 0 Å². The van der Waals surface area contributed by atoms with Gasteiger partial charge in [0.2, 0.25) is 11.8 Å². The van der Waals surface area contributed by atoms with Crippen molar-refractivity contribution in [2.75, 3.05) is 13.1 Å². The second-order valence-electron chi connectivity index (χ2n) is 4.19. The minimum absolute atomic E-state index is 0.00951. The Morgan fingerprint density at radius 3 is 2.94 bits per heavy atom. The maximum atomic E-state index is 11.6. The van der Waals surface area contributed by atoms with Crippen LogP contribution < -0.4 is 16.4 Å². The van der Waals surface area contributed by atoms with Crippen molar-refractivity contribution in [3.63, 3.8) is 0 Å². The zero-order chi connectivity index (χ0) is 12.1. The third kappa shape index (κ3) is 3.79. The van der Waals surface area contributed by atoms with Crippen LogP contribution in [0.2, 0.25) is 0 Å². The van der Waals surface area contributed by atoms with E-state index in [-0.39, 0.29) is 24.3 Å². The van der Waals surface area contributed by atoms with Crippen LogP contribution >= 0.6 is 0 Å². The lowest BCUT2D eigenvalue weighted by Gasteiger charge is -2.23. The molecule has 0 radical (unpaired) electrons. The number of carbonyl (C=O) groups is 2. The SMILES string of the molecule is CC(O)C(N)CNC(=O)C1CCC(=O)NC1. The fourth-order valence-electron chi connectivity index (χ4n) is 1.49. The van der Waals surface area contributed by atoms with Gasteiger partial charge in [-0.25, -0.2) is 0 Å². The minimum atomic E-state index is -0.647. The van der Waals surface area contributed by atoms with E-state index in [9.17, 15) is 9.59 Å². The van der Waals surface area contributed by atoms with Gasteiger partial charge in [0.25, 0.3) is 0 Å². The summed E-state index contributed by atoms with van der Waals surface area (Å²) >= 11 is 0. The smallest absolute Gasteiger partial charge is 0.224 e. The Hall–Kier alpha value is -1.14. The van der Waals surface area contributed by atoms with Gasteiger partial charge in [0.15, 0.2) is 0 Å². The topological polar surface area (TPSA) is 104 Å². The molecule has 1 rings (SSSR count). The molecule has 0 saturated carbocycles. The van der Waals surface area contributed by atoms with E-state index in [1.807, 2.05) is 0 Å². The number of hydrogen-bond donors (Lipinski definition) is 4. The van der Waals surface area contributed by atoms with Gasteiger partial charge in [-0.05, 0) is 13.3 Å². The lowest BCUT2D eigenvalue weighted by Crippen LogP contribution is -2.48. The zero-order valence-electron chi connectivity index (χ0n) is 9.40. The first-order chi connectivity index (χ1) is 7.50. The summed E-state index contributed by atoms with van der Waals surface area (Å²) in [7, 11) is 0. The van der Waals surface area contributed by atoms with Crippen molar-refractivity contribution < 1.29 is 14.7 Å². The van der Waals surface area contributed by atoms with Crippen LogP contribution in [0.3, 0.4) is 0 Å². The van der Waals surface area contributed by atoms with Crippen molar-refractivity contribution in [2.45, 2.75) is 31.9 Å². The standard InChI is InChI=1S/C10H19N3O3/c1-6(14)8(11)5-13-10(16)7-2-3-9(15)12-4-7/h6-8,14H,2-5,11H2,1H3,(H,12,15)(H,13,16). The van der Waals surface area contributed by atoms with E-state index in [2.05, 4.69) is 10.6 Å². The average molecular weight is 229 g/mol. The van der Waals surface area contributed by atoms with Gasteiger partial charge in [-0.3, -0.25) is 9.59 Å². The average Bonchev–Trinajstić information content (AvgIpc) is 2.26. The van der Waals surface area contributed by atoms with Crippen LogP contribution in [-0.4, -0.2) is 42.2 Å². The molecule has 2 amide bonds. The van der Waals surface area contributed by atoms with E-state index < -0.39 is 12.1 Å². The highest BCUT2D eigenvalue weighted by Crippen LogP contribution is 2.10. The quantitative estimate of drug-likeness (QED) is 0.463. The van der Waals surface area contributed by atoms with Gasteiger partial charge in [0.1, 0.15) is 0 Å². The van der Waals surface area contributed by atoms with Gasteiger partial charge >= 0.3 is 0 Å². The Morgan fingerprint density at radius 2 is 2.44 bits per heavy atom. The molecule has 92 valence electrons. The molecule has 1 fully saturated rings. The van der Waals surface area contributed by atoms with Crippen molar-refractivity contribution in [1.82, 2.24) is 10.6 Å². The van der Waals surface area contributed by atoms with Crippen molar-refractivity contribution in [3.8, 4) is 0 Å². The van der Waals surface area contributed by atoms with E-state index in [1.54, 1.807) is 6.92 Å². The Kier molecular flexibility index (Phi) is 4.70. The first-order valence-electron chi connectivity index (χ1n) is 5.48. The summed E-state index contributed by atoms with van der Waals surface area (Å²) in [6, 6.07) is -0.456. The highest BCUT2D eigenvalue weighted by atomic mass is 16.3. The highest BCUT2D eigenvalue weighted by Gasteiger charge is 2.24. The molecule has 0 aromatic heterocycles. The number of hydrogen-bond acceptors (Lipinski definition) is 4. The van der Waals surface area contributed by atoms with Gasteiger partial charge in [0.05, 0.1) is 12.0 Å². The van der Waals surface area contributed by atoms with Crippen LogP contribution in [0.5, 0.6) is 0 Å². The Morgan fingerprint density at radius 1 is 1.75 bits per heavy atom. The largest absolute Gasteiger partial charge is 0.392 e. The Balaban J connectivity index is 2.27. The summed E-state index contributed by atoms with van der Waals surface area (Å²) in [5, 5.41) is 14.5. The Labute approximate surface area is 94.6 Å². The van der Waals surface area contributed by atoms with Crippen molar-refractivity contribution >= 4 is 11.8 Å². The van der Waals surface area contributed by atoms with Crippen LogP contribution in [0.25, 0.3) is 0 Å². The fraction of sp³-hybridized carbons (Fsp3) is 0.800. The molecule has 1 heterocycles. The highest BCUT2D eigenvalue weighted by molar-refractivity contribution is 5.83. The molecule has 0 bridgehead atoms. The molecule has 16 heavy (non-hydrogen) atoms. The summed E-state index contributed by atoms with van der Waals surface area (Å²) in [6.45, 7) is 2.22. The second kappa shape index (κ2) is 5.81. The van der Waals surface area contributed by atoms with Crippen LogP contribution in [0, 0.1) is 5.92 Å². The predicted molar refractivity (Wildman–Crippen MR) is 58.4 cm³/mol. The molecule has 3 unspecified atom stereocenters. The number of carbonyl (C=O) groups excluding carboxylic acids is 2. The van der Waals surface area contributed by atoms with Crippen molar-refractivity contribution in [1.29, 1.82) is 0 Å². The molecule has 0 aliphatic carbocycles. The molecule has 1 aliphatic heterocycles. The summed E-state index contributed by atoms with van der Waals surface area (Å²) in [6.07, 6.45) is 0.314. The van der Waals surface area contributed by atoms with Crippen LogP contribution in [0.1, 0.15) is 19.8 Å². The van der Waals surface area contributed by atoms with Gasteiger partial charge in [0, 0.05) is 25.6 Å². The van der Waals surface area contributed by atoms with E-state index >= 15 is 0 Å². The zero-order valence-corrected chi connectivity index (χ0v) is 9.40. The molecule has 1 aliphatic rings. The summed E-state index contributed by atoms with van der Waals surface area (Å²) < 4.78 is 0. The molecule has 0 spiro atoms. The first-order valence-corrected chi connectivity index (χ1v) is 5.48. The van der Waals surface area contributed by atoms with E-state index in [0.717, 1.165) is 0 Å². The van der Waals surface area contributed by atoms with Gasteiger partial charge in [-0.2, -0.15) is 0 Å². The maximum absolute atomic E-state index is 11.6. The lowest BCUT2D eigenvalue weighted by molar-refractivity contribution is -0.129. The molecule has 3 atom stereocenters. The lowest BCUT2D eigenvalue weighted by atomic mass is 9.98. The maximum Gasteiger partial charge on any atom is 0.224 e. The molecule has 0 aromatic carbocycles. The number of nitrogens with two attached hydrogens (primary N) is 1. The number of aliphatic hydroxyl groups is 1. The normalized spacial score (nSPS) is 24.4. The monoisotopic (exact) mass is 229 g/mol. The number of nitrogens with one attached hydrogen (secondary N) is 2. The molecule has 5 N–H and O–H groups in total. The minimum Gasteiger partial charge on any atom is -0.392 e. The third-order valence-electron chi connectivity index (χ3n) is 2.77. The predicted octanol–water partition coefficient (Wildman–Crippen LogP) is -1.66. The Bertz CT molecular complexity index is 258. The molecule has 6 nitrogen and oxygen atoms in total. The van der Waals surface area contributed by atoms with Crippen LogP contribution in [0.4, 0.5) is 0 Å². The van der Waals surface area contributed by atoms with Gasteiger partial charge < -0.3 is 21.5 Å². The number of piperidine rings is 1. The molecule has 0 aromatic rings. The summed E-state index contributed by atoms with van der Waals surface area (Å²) in [5.41, 5.74) is 5.58. The van der Waals surface area contributed by atoms with E-state index in [0.29, 0.717) is 19.4 Å². The summed E-state index contributed by atoms with van der Waals surface area (Å²) in [4.78, 5) is 22.5. The first kappa shape index (κ1) is 12.9. The number of amides is 2.